The third-order valence-electron chi connectivity index (χ3n) is 12.5. The molecule has 24 heteroatoms. The number of hydrogen-bond donors (Lipinski definition) is 5. The molecule has 2 fully saturated rings. The molecule has 0 bridgehead atoms. The van der Waals surface area contributed by atoms with Gasteiger partial charge in [-0.3, -0.25) is 9.44 Å². The monoisotopic (exact) mass is 1130 g/mol. The first kappa shape index (κ1) is 60.5. The molecule has 0 radical (unpaired) electrons. The van der Waals surface area contributed by atoms with E-state index >= 15 is 0 Å². The molecule has 2 saturated heterocycles. The van der Waals surface area contributed by atoms with Gasteiger partial charge in [0, 0.05) is 88.2 Å². The van der Waals surface area contributed by atoms with Gasteiger partial charge in [0.05, 0.1) is 39.2 Å². The van der Waals surface area contributed by atoms with Crippen LogP contribution in [0, 0.1) is 11.8 Å². The molecule has 8 rings (SSSR count). The highest BCUT2D eigenvalue weighted by atomic mass is 32.2. The van der Waals surface area contributed by atoms with Crippen LogP contribution in [0.2, 0.25) is 0 Å². The average molecular weight is 1130 g/mol. The summed E-state index contributed by atoms with van der Waals surface area (Å²) in [5.41, 5.74) is 3.75. The third-order valence-corrected chi connectivity index (χ3v) is 18.1. The number of carbonyl (C=O) groups is 1. The van der Waals surface area contributed by atoms with Gasteiger partial charge in [0.15, 0.2) is 0 Å². The number of anilines is 4. The molecule has 20 nitrogen and oxygen atoms in total. The average Bonchev–Trinajstić information content (AvgIpc) is 4.15. The Hall–Kier alpha value is -6.41. The van der Waals surface area contributed by atoms with Gasteiger partial charge >= 0.3 is 6.09 Å². The second kappa shape index (κ2) is 26.1. The van der Waals surface area contributed by atoms with Crippen molar-refractivity contribution in [2.45, 2.75) is 60.1 Å². The number of methoxy groups -OCH3 is 1. The topological polar surface area (TPSA) is 259 Å². The Morgan fingerprint density at radius 2 is 0.961 bits per heavy atom. The minimum Gasteiger partial charge on any atom is -0.464 e. The van der Waals surface area contributed by atoms with E-state index in [-0.39, 0.29) is 52.8 Å². The van der Waals surface area contributed by atoms with Crippen molar-refractivity contribution in [1.82, 2.24) is 19.7 Å². The Labute approximate surface area is 448 Å². The van der Waals surface area contributed by atoms with E-state index < -0.39 is 46.2 Å². The molecule has 5 N–H and O–H groups in total. The van der Waals surface area contributed by atoms with Crippen molar-refractivity contribution in [3.8, 4) is 22.6 Å². The van der Waals surface area contributed by atoms with E-state index in [2.05, 4.69) is 24.2 Å². The SMILES string of the molecule is C.C.CN(C)c1ccc(NS(=O)(=O)c2cccc(S(=O)(=O)NCC3CCNCC3)c2)cc1-c1ccco1.COC(=O)N1CCC(CNS(=O)(=O)c2cccc(S(=O)(=O)Nc3ccc(N(C)C)c(-c4ccco4)c3)c2)CC1. The van der Waals surface area contributed by atoms with Crippen LogP contribution in [-0.4, -0.2) is 119 Å². The molecular formula is C52H70N8O12S4. The number of amides is 1. The van der Waals surface area contributed by atoms with E-state index in [1.807, 2.05) is 38.0 Å². The van der Waals surface area contributed by atoms with Gasteiger partial charge in [0.25, 0.3) is 20.0 Å². The van der Waals surface area contributed by atoms with Crippen LogP contribution < -0.4 is 34.0 Å². The Bertz CT molecular complexity index is 3320. The van der Waals surface area contributed by atoms with Gasteiger partial charge < -0.3 is 33.6 Å². The van der Waals surface area contributed by atoms with Gasteiger partial charge in [0.1, 0.15) is 11.5 Å². The van der Waals surface area contributed by atoms with E-state index in [0.717, 1.165) is 48.9 Å². The predicted molar refractivity (Wildman–Crippen MR) is 298 cm³/mol. The highest BCUT2D eigenvalue weighted by Gasteiger charge is 2.27. The summed E-state index contributed by atoms with van der Waals surface area (Å²) in [5.74, 6) is 1.48. The molecule has 0 spiro atoms. The number of sulfonamides is 4. The number of likely N-dealkylation sites (tertiary alicyclic amines) is 1. The Morgan fingerprint density at radius 3 is 1.33 bits per heavy atom. The van der Waals surface area contributed by atoms with Crippen molar-refractivity contribution >= 4 is 68.9 Å². The minimum atomic E-state index is -4.10. The van der Waals surface area contributed by atoms with Crippen molar-refractivity contribution in [3.63, 3.8) is 0 Å². The van der Waals surface area contributed by atoms with Crippen molar-refractivity contribution < 1.29 is 52.0 Å². The number of nitrogens with one attached hydrogen (secondary N) is 5. The smallest absolute Gasteiger partial charge is 0.409 e. The summed E-state index contributed by atoms with van der Waals surface area (Å²) < 4.78 is 130. The van der Waals surface area contributed by atoms with Crippen LogP contribution in [0.5, 0.6) is 0 Å². The number of nitrogens with zero attached hydrogens (tertiary/aromatic N) is 3. The second-order valence-electron chi connectivity index (χ2n) is 18.2. The molecule has 2 aliphatic heterocycles. The van der Waals surface area contributed by atoms with Crippen molar-refractivity contribution in [3.05, 3.63) is 122 Å². The van der Waals surface area contributed by atoms with Crippen molar-refractivity contribution in [2.75, 3.05) is 93.8 Å². The third kappa shape index (κ3) is 15.4. The molecule has 414 valence electrons. The Kier molecular flexibility index (Phi) is 20.8. The number of rotatable bonds is 18. The molecule has 0 unspecified atom stereocenters. The van der Waals surface area contributed by atoms with Crippen LogP contribution in [0.3, 0.4) is 0 Å². The molecule has 0 atom stereocenters. The minimum absolute atomic E-state index is 0. The molecular weight excluding hydrogens is 1060 g/mol. The van der Waals surface area contributed by atoms with Crippen LogP contribution in [0.1, 0.15) is 40.5 Å². The van der Waals surface area contributed by atoms with Gasteiger partial charge in [-0.05, 0) is 148 Å². The molecule has 0 aliphatic carbocycles. The maximum atomic E-state index is 13.2. The second-order valence-corrected chi connectivity index (χ2v) is 25.1. The number of hydrogen-bond acceptors (Lipinski definition) is 15. The predicted octanol–water partition coefficient (Wildman–Crippen LogP) is 7.93. The van der Waals surface area contributed by atoms with Crippen molar-refractivity contribution in [1.29, 1.82) is 0 Å². The summed E-state index contributed by atoms with van der Waals surface area (Å²) in [6.07, 6.45) is 5.74. The molecule has 76 heavy (non-hydrogen) atoms. The summed E-state index contributed by atoms with van der Waals surface area (Å²) in [6, 6.07) is 27.9. The lowest BCUT2D eigenvalue weighted by atomic mass is 9.97. The zero-order valence-corrected chi connectivity index (χ0v) is 44.9. The van der Waals surface area contributed by atoms with E-state index in [1.54, 1.807) is 71.8 Å². The van der Waals surface area contributed by atoms with Gasteiger partial charge in [-0.2, -0.15) is 0 Å². The molecule has 2 aliphatic rings. The van der Waals surface area contributed by atoms with Crippen LogP contribution in [0.15, 0.2) is 150 Å². The normalized spacial score (nSPS) is 14.5. The molecule has 6 aromatic rings. The molecule has 4 heterocycles. The molecule has 4 aromatic carbocycles. The van der Waals surface area contributed by atoms with Gasteiger partial charge in [-0.15, -0.1) is 0 Å². The highest BCUT2D eigenvalue weighted by Crippen LogP contribution is 2.35. The van der Waals surface area contributed by atoms with E-state index in [1.165, 1.54) is 55.8 Å². The largest absolute Gasteiger partial charge is 0.464 e. The van der Waals surface area contributed by atoms with Gasteiger partial charge in [-0.25, -0.2) is 47.9 Å². The maximum Gasteiger partial charge on any atom is 0.409 e. The molecule has 2 aromatic heterocycles. The fourth-order valence-corrected chi connectivity index (χ4v) is 13.1. The van der Waals surface area contributed by atoms with Crippen LogP contribution in [0.4, 0.5) is 27.5 Å². The number of furan rings is 2. The lowest BCUT2D eigenvalue weighted by Gasteiger charge is -2.30. The zero-order chi connectivity index (χ0) is 53.3. The first-order chi connectivity index (χ1) is 35.2. The van der Waals surface area contributed by atoms with Gasteiger partial charge in [-0.1, -0.05) is 27.0 Å². The summed E-state index contributed by atoms with van der Waals surface area (Å²) in [4.78, 5) is 16.4. The number of piperidine rings is 2. The first-order valence-corrected chi connectivity index (χ1v) is 29.6. The standard InChI is InChI=1S/C26H32N4O7S2.C24H30N4O5S2.2CH4/c1-29(2)24-10-9-20(16-23(24)25-8-5-15-37-25)28-39(34,35)22-7-4-6-21(17-22)38(32,33)27-18-19-11-13-30(14-12-19)26(31)36-3;1-28(2)23-9-8-19(15-22(23)24-7-4-14-33-24)27-35(31,32)21-6-3-5-20(16-21)34(29,30)26-17-18-10-12-25-13-11-18;;/h4-10,15-17,19,27-28H,11-14,18H2,1-3H3;3-9,14-16,18,25-27H,10-13,17H2,1-2H3;2*1H4. The summed E-state index contributed by atoms with van der Waals surface area (Å²) in [7, 11) is -7.12. The van der Waals surface area contributed by atoms with E-state index in [4.69, 9.17) is 13.6 Å². The molecule has 1 amide bonds. The number of carbonyl (C=O) groups excluding carboxylic acids is 1. The van der Waals surface area contributed by atoms with Crippen LogP contribution >= 0.6 is 0 Å². The lowest BCUT2D eigenvalue weighted by Crippen LogP contribution is -2.41. The summed E-state index contributed by atoms with van der Waals surface area (Å²) >= 11 is 0. The Balaban J connectivity index is 0.000000275. The Morgan fingerprint density at radius 1 is 0.566 bits per heavy atom. The number of ether oxygens (including phenoxy) is 1. The number of benzene rings is 4. The summed E-state index contributed by atoms with van der Waals surface area (Å²) in [5, 5.41) is 3.25. The lowest BCUT2D eigenvalue weighted by molar-refractivity contribution is 0.106. The van der Waals surface area contributed by atoms with Crippen LogP contribution in [-0.2, 0) is 44.8 Å². The summed E-state index contributed by atoms with van der Waals surface area (Å²) in [6.45, 7) is 3.20. The quantitative estimate of drug-likeness (QED) is 0.0547. The zero-order valence-electron chi connectivity index (χ0n) is 41.6. The maximum absolute atomic E-state index is 13.2. The van der Waals surface area contributed by atoms with Crippen molar-refractivity contribution in [2.24, 2.45) is 11.8 Å². The van der Waals surface area contributed by atoms with Crippen LogP contribution in [0.25, 0.3) is 22.6 Å². The highest BCUT2D eigenvalue weighted by molar-refractivity contribution is 7.93. The fourth-order valence-electron chi connectivity index (χ4n) is 8.44. The molecule has 0 saturated carbocycles. The fraction of sp³-hybridized carbons (Fsp3) is 0.365. The van der Waals surface area contributed by atoms with Gasteiger partial charge in [0.2, 0.25) is 20.0 Å². The first-order valence-electron chi connectivity index (χ1n) is 23.6. The van der Waals surface area contributed by atoms with E-state index in [9.17, 15) is 38.5 Å². The van der Waals surface area contributed by atoms with E-state index in [0.29, 0.717) is 60.9 Å².